The van der Waals surface area contributed by atoms with Crippen molar-refractivity contribution in [3.8, 4) is 0 Å². The predicted molar refractivity (Wildman–Crippen MR) is 79.3 cm³/mol. The Labute approximate surface area is 116 Å². The molecule has 98 valence electrons. The van der Waals surface area contributed by atoms with Gasteiger partial charge in [-0.1, -0.05) is 36.4 Å². The summed E-state index contributed by atoms with van der Waals surface area (Å²) in [5.41, 5.74) is 1.92. The summed E-state index contributed by atoms with van der Waals surface area (Å²) in [6.45, 7) is 0. The maximum absolute atomic E-state index is 11.9. The predicted octanol–water partition coefficient (Wildman–Crippen LogP) is 2.99. The molecule has 4 heteroatoms. The second-order valence-corrected chi connectivity index (χ2v) is 4.31. The van der Waals surface area contributed by atoms with E-state index < -0.39 is 0 Å². The van der Waals surface area contributed by atoms with Crippen LogP contribution in [0.5, 0.6) is 0 Å². The summed E-state index contributed by atoms with van der Waals surface area (Å²) in [6, 6.07) is 15.4. The van der Waals surface area contributed by atoms with E-state index in [2.05, 4.69) is 10.3 Å². The van der Waals surface area contributed by atoms with Gasteiger partial charge in [-0.2, -0.15) is 0 Å². The van der Waals surface area contributed by atoms with Crippen LogP contribution in [-0.2, 0) is 4.79 Å². The van der Waals surface area contributed by atoms with Crippen molar-refractivity contribution in [2.24, 2.45) is 0 Å². The standard InChI is InChI=1S/C16H13N3O/c20-15(10-9-13-6-2-1-3-7-13)18-16-17-12-14-8-4-5-11-19(14)16/h1-12H,(H,17,18,20)/b10-9+. The number of amides is 1. The molecule has 4 nitrogen and oxygen atoms in total. The van der Waals surface area contributed by atoms with Gasteiger partial charge >= 0.3 is 0 Å². The first-order valence-corrected chi connectivity index (χ1v) is 6.29. The molecule has 2 aromatic heterocycles. The first-order valence-electron chi connectivity index (χ1n) is 6.29. The van der Waals surface area contributed by atoms with Crippen LogP contribution in [0.15, 0.2) is 67.0 Å². The van der Waals surface area contributed by atoms with Crippen LogP contribution in [0.4, 0.5) is 5.95 Å². The second kappa shape index (κ2) is 5.40. The van der Waals surface area contributed by atoms with E-state index in [1.807, 2.05) is 59.1 Å². The molecule has 0 saturated heterocycles. The molecule has 3 rings (SSSR count). The highest BCUT2D eigenvalue weighted by Gasteiger charge is 2.04. The van der Waals surface area contributed by atoms with Crippen LogP contribution in [0.25, 0.3) is 11.6 Å². The van der Waals surface area contributed by atoms with Crippen molar-refractivity contribution in [1.82, 2.24) is 9.38 Å². The number of imidazole rings is 1. The van der Waals surface area contributed by atoms with Gasteiger partial charge in [0.1, 0.15) is 0 Å². The van der Waals surface area contributed by atoms with Gasteiger partial charge in [-0.25, -0.2) is 4.98 Å². The number of hydrogen-bond acceptors (Lipinski definition) is 2. The largest absolute Gasteiger partial charge is 0.292 e. The Morgan fingerprint density at radius 3 is 2.75 bits per heavy atom. The molecular formula is C16H13N3O. The molecule has 0 radical (unpaired) electrons. The third-order valence-corrected chi connectivity index (χ3v) is 2.90. The number of anilines is 1. The van der Waals surface area contributed by atoms with Crippen molar-refractivity contribution in [1.29, 1.82) is 0 Å². The van der Waals surface area contributed by atoms with Crippen molar-refractivity contribution in [2.45, 2.75) is 0 Å². The lowest BCUT2D eigenvalue weighted by atomic mass is 10.2. The second-order valence-electron chi connectivity index (χ2n) is 4.31. The maximum Gasteiger partial charge on any atom is 0.250 e. The fraction of sp³-hybridized carbons (Fsp3) is 0. The van der Waals surface area contributed by atoms with Crippen molar-refractivity contribution in [2.75, 3.05) is 5.32 Å². The minimum Gasteiger partial charge on any atom is -0.292 e. The molecule has 20 heavy (non-hydrogen) atoms. The monoisotopic (exact) mass is 263 g/mol. The van der Waals surface area contributed by atoms with Crippen molar-refractivity contribution in [3.05, 3.63) is 72.6 Å². The van der Waals surface area contributed by atoms with Crippen molar-refractivity contribution in [3.63, 3.8) is 0 Å². The van der Waals surface area contributed by atoms with Crippen LogP contribution in [0, 0.1) is 0 Å². The Balaban J connectivity index is 1.75. The fourth-order valence-electron chi connectivity index (χ4n) is 1.92. The number of fused-ring (bicyclic) bond motifs is 1. The lowest BCUT2D eigenvalue weighted by molar-refractivity contribution is -0.111. The zero-order chi connectivity index (χ0) is 13.8. The zero-order valence-electron chi connectivity index (χ0n) is 10.7. The average molecular weight is 263 g/mol. The van der Waals surface area contributed by atoms with E-state index in [-0.39, 0.29) is 5.91 Å². The molecule has 0 aliphatic rings. The smallest absolute Gasteiger partial charge is 0.250 e. The molecule has 0 unspecified atom stereocenters. The highest BCUT2D eigenvalue weighted by atomic mass is 16.1. The molecule has 2 heterocycles. The van der Waals surface area contributed by atoms with Crippen LogP contribution in [0.3, 0.4) is 0 Å². The average Bonchev–Trinajstić information content (AvgIpc) is 2.90. The molecule has 0 aliphatic heterocycles. The number of nitrogens with zero attached hydrogens (tertiary/aromatic N) is 2. The number of rotatable bonds is 3. The zero-order valence-corrected chi connectivity index (χ0v) is 10.7. The molecule has 1 aromatic carbocycles. The number of hydrogen-bond donors (Lipinski definition) is 1. The van der Waals surface area contributed by atoms with E-state index in [0.717, 1.165) is 11.1 Å². The summed E-state index contributed by atoms with van der Waals surface area (Å²) in [4.78, 5) is 16.1. The lowest BCUT2D eigenvalue weighted by Crippen LogP contribution is -2.10. The molecule has 1 amide bonds. The molecule has 0 spiro atoms. The van der Waals surface area contributed by atoms with Gasteiger partial charge in [-0.15, -0.1) is 0 Å². The summed E-state index contributed by atoms with van der Waals surface area (Å²) in [5.74, 6) is 0.313. The highest BCUT2D eigenvalue weighted by Crippen LogP contribution is 2.10. The van der Waals surface area contributed by atoms with E-state index in [4.69, 9.17) is 0 Å². The molecule has 0 fully saturated rings. The molecule has 0 saturated carbocycles. The molecule has 1 N–H and O–H groups in total. The number of benzene rings is 1. The summed E-state index contributed by atoms with van der Waals surface area (Å²) in [6.07, 6.45) is 6.85. The summed E-state index contributed by atoms with van der Waals surface area (Å²) in [7, 11) is 0. The van der Waals surface area contributed by atoms with E-state index in [1.54, 1.807) is 12.3 Å². The number of nitrogens with one attached hydrogen (secondary N) is 1. The third-order valence-electron chi connectivity index (χ3n) is 2.90. The van der Waals surface area contributed by atoms with Crippen LogP contribution in [0.1, 0.15) is 5.56 Å². The van der Waals surface area contributed by atoms with Gasteiger partial charge in [0.25, 0.3) is 5.91 Å². The normalized spacial score (nSPS) is 11.0. The van der Waals surface area contributed by atoms with Gasteiger partial charge in [0, 0.05) is 12.3 Å². The number of carbonyl (C=O) groups is 1. The van der Waals surface area contributed by atoms with Crippen molar-refractivity contribution >= 4 is 23.4 Å². The third kappa shape index (κ3) is 2.59. The summed E-state index contributed by atoms with van der Waals surface area (Å²) >= 11 is 0. The minimum atomic E-state index is -0.204. The van der Waals surface area contributed by atoms with E-state index in [0.29, 0.717) is 5.95 Å². The van der Waals surface area contributed by atoms with Gasteiger partial charge in [0.2, 0.25) is 5.95 Å². The van der Waals surface area contributed by atoms with Gasteiger partial charge < -0.3 is 0 Å². The number of carbonyl (C=O) groups excluding carboxylic acids is 1. The molecule has 0 atom stereocenters. The first-order chi connectivity index (χ1) is 9.83. The summed E-state index contributed by atoms with van der Waals surface area (Å²) in [5, 5.41) is 2.76. The minimum absolute atomic E-state index is 0.204. The Morgan fingerprint density at radius 2 is 1.90 bits per heavy atom. The Morgan fingerprint density at radius 1 is 1.10 bits per heavy atom. The Hall–Kier alpha value is -2.88. The maximum atomic E-state index is 11.9. The van der Waals surface area contributed by atoms with E-state index in [1.165, 1.54) is 6.08 Å². The quantitative estimate of drug-likeness (QED) is 0.738. The highest BCUT2D eigenvalue weighted by molar-refractivity contribution is 6.01. The van der Waals surface area contributed by atoms with Crippen LogP contribution < -0.4 is 5.32 Å². The Kier molecular flexibility index (Phi) is 3.29. The molecule has 0 bridgehead atoms. The number of pyridine rings is 1. The molecule has 3 aromatic rings. The van der Waals surface area contributed by atoms with E-state index >= 15 is 0 Å². The van der Waals surface area contributed by atoms with Gasteiger partial charge in [0.15, 0.2) is 0 Å². The van der Waals surface area contributed by atoms with Gasteiger partial charge in [-0.05, 0) is 23.8 Å². The molecular weight excluding hydrogens is 250 g/mol. The van der Waals surface area contributed by atoms with Crippen LogP contribution >= 0.6 is 0 Å². The molecule has 0 aliphatic carbocycles. The number of aromatic nitrogens is 2. The van der Waals surface area contributed by atoms with Crippen LogP contribution in [0.2, 0.25) is 0 Å². The first kappa shape index (κ1) is 12.2. The van der Waals surface area contributed by atoms with Gasteiger partial charge in [-0.3, -0.25) is 14.5 Å². The van der Waals surface area contributed by atoms with Gasteiger partial charge in [0.05, 0.1) is 11.7 Å². The fourth-order valence-corrected chi connectivity index (χ4v) is 1.92. The van der Waals surface area contributed by atoms with Crippen LogP contribution in [-0.4, -0.2) is 15.3 Å². The summed E-state index contributed by atoms with van der Waals surface area (Å²) < 4.78 is 1.83. The van der Waals surface area contributed by atoms with Crippen molar-refractivity contribution < 1.29 is 4.79 Å². The topological polar surface area (TPSA) is 46.4 Å². The lowest BCUT2D eigenvalue weighted by Gasteiger charge is -2.00. The Bertz CT molecular complexity index is 760. The SMILES string of the molecule is O=C(/C=C/c1ccccc1)Nc1ncc2ccccn12. The van der Waals surface area contributed by atoms with E-state index in [9.17, 15) is 4.79 Å².